The summed E-state index contributed by atoms with van der Waals surface area (Å²) in [5, 5.41) is 8.05. The number of hydrogen-bond acceptors (Lipinski definition) is 6. The molecule has 0 saturated heterocycles. The Labute approximate surface area is 155 Å². The predicted octanol–water partition coefficient (Wildman–Crippen LogP) is 3.09. The van der Waals surface area contributed by atoms with Crippen molar-refractivity contribution in [3.05, 3.63) is 39.5 Å². The van der Waals surface area contributed by atoms with Gasteiger partial charge in [-0.15, -0.1) is 0 Å². The highest BCUT2D eigenvalue weighted by Gasteiger charge is 2.19. The highest BCUT2D eigenvalue weighted by molar-refractivity contribution is 7.17. The molecule has 0 spiro atoms. The lowest BCUT2D eigenvalue weighted by Crippen LogP contribution is -2.21. The number of amides is 2. The molecule has 0 saturated carbocycles. The molecule has 2 amide bonds. The van der Waals surface area contributed by atoms with Crippen LogP contribution < -0.4 is 5.32 Å². The maximum Gasteiger partial charge on any atom is 0.265 e. The van der Waals surface area contributed by atoms with Crippen LogP contribution in [0, 0.1) is 20.8 Å². The molecule has 3 aromatic rings. The standard InChI is InChI=1S/C18H20N4O3S/c1-9-6-10(2)15-12(21-25-13(15)7-9)8-14(23)20-18-19-11(3)16(26-18)17(24)22(4)5/h6-7H,8H2,1-5H3,(H,19,20,23). The fourth-order valence-electron chi connectivity index (χ4n) is 2.81. The predicted molar refractivity (Wildman–Crippen MR) is 101 cm³/mol. The number of fused-ring (bicyclic) bond motifs is 1. The zero-order valence-electron chi connectivity index (χ0n) is 15.3. The first kappa shape index (κ1) is 18.1. The quantitative estimate of drug-likeness (QED) is 0.760. The van der Waals surface area contributed by atoms with E-state index in [1.165, 1.54) is 16.2 Å². The van der Waals surface area contributed by atoms with Crippen LogP contribution in [0.15, 0.2) is 16.7 Å². The van der Waals surface area contributed by atoms with Gasteiger partial charge in [0, 0.05) is 19.5 Å². The van der Waals surface area contributed by atoms with E-state index in [-0.39, 0.29) is 18.2 Å². The third kappa shape index (κ3) is 3.45. The molecule has 1 N–H and O–H groups in total. The number of thiazole rings is 1. The fourth-order valence-corrected chi connectivity index (χ4v) is 3.81. The lowest BCUT2D eigenvalue weighted by molar-refractivity contribution is -0.115. The van der Waals surface area contributed by atoms with Gasteiger partial charge in [0.2, 0.25) is 5.91 Å². The van der Waals surface area contributed by atoms with Crippen LogP contribution in [-0.4, -0.2) is 41.0 Å². The molecule has 0 unspecified atom stereocenters. The van der Waals surface area contributed by atoms with Crippen LogP contribution in [0.5, 0.6) is 0 Å². The maximum absolute atomic E-state index is 12.4. The molecule has 0 aliphatic rings. The second-order valence-corrected chi connectivity index (χ2v) is 7.44. The molecule has 1 aromatic carbocycles. The molecule has 2 heterocycles. The molecule has 0 aliphatic carbocycles. The number of aromatic nitrogens is 2. The van der Waals surface area contributed by atoms with Gasteiger partial charge in [-0.25, -0.2) is 4.98 Å². The van der Waals surface area contributed by atoms with Crippen LogP contribution in [0.2, 0.25) is 0 Å². The number of nitrogens with zero attached hydrogens (tertiary/aromatic N) is 3. The lowest BCUT2D eigenvalue weighted by Gasteiger charge is -2.07. The number of aryl methyl sites for hydroxylation is 3. The average Bonchev–Trinajstić information content (AvgIpc) is 3.10. The lowest BCUT2D eigenvalue weighted by atomic mass is 10.0. The zero-order chi connectivity index (χ0) is 19.0. The molecule has 3 rings (SSSR count). The molecule has 0 radical (unpaired) electrons. The van der Waals surface area contributed by atoms with Crippen LogP contribution in [0.4, 0.5) is 5.13 Å². The maximum atomic E-state index is 12.4. The van der Waals surface area contributed by atoms with Gasteiger partial charge in [0.15, 0.2) is 10.7 Å². The third-order valence-corrected chi connectivity index (χ3v) is 5.02. The van der Waals surface area contributed by atoms with Crippen molar-refractivity contribution in [3.63, 3.8) is 0 Å². The molecular formula is C18H20N4O3S. The minimum absolute atomic E-state index is 0.0759. The van der Waals surface area contributed by atoms with Crippen LogP contribution in [0.3, 0.4) is 0 Å². The minimum Gasteiger partial charge on any atom is -0.356 e. The Bertz CT molecular complexity index is 1000. The van der Waals surface area contributed by atoms with Crippen molar-refractivity contribution in [1.29, 1.82) is 0 Å². The SMILES string of the molecule is Cc1cc(C)c2c(CC(=O)Nc3nc(C)c(C(=O)N(C)C)s3)noc2c1. The highest BCUT2D eigenvalue weighted by atomic mass is 32.1. The Hall–Kier alpha value is -2.74. The van der Waals surface area contributed by atoms with E-state index in [1.807, 2.05) is 26.0 Å². The first-order chi connectivity index (χ1) is 12.3. The first-order valence-corrected chi connectivity index (χ1v) is 8.92. The van der Waals surface area contributed by atoms with Crippen LogP contribution in [0.25, 0.3) is 11.0 Å². The van der Waals surface area contributed by atoms with Crippen LogP contribution in [-0.2, 0) is 11.2 Å². The van der Waals surface area contributed by atoms with Gasteiger partial charge < -0.3 is 14.7 Å². The van der Waals surface area contributed by atoms with Gasteiger partial charge in [0.1, 0.15) is 10.6 Å². The van der Waals surface area contributed by atoms with Crippen molar-refractivity contribution in [2.24, 2.45) is 0 Å². The first-order valence-electron chi connectivity index (χ1n) is 8.10. The number of carbonyl (C=O) groups is 2. The number of carbonyl (C=O) groups excluding carboxylic acids is 2. The molecule has 2 aromatic heterocycles. The summed E-state index contributed by atoms with van der Waals surface area (Å²) in [6, 6.07) is 3.93. The summed E-state index contributed by atoms with van der Waals surface area (Å²) in [5.41, 5.74) is 3.97. The van der Waals surface area contributed by atoms with Crippen molar-refractivity contribution in [2.75, 3.05) is 19.4 Å². The number of hydrogen-bond donors (Lipinski definition) is 1. The third-order valence-electron chi connectivity index (χ3n) is 3.96. The molecular weight excluding hydrogens is 352 g/mol. The highest BCUT2D eigenvalue weighted by Crippen LogP contribution is 2.26. The Balaban J connectivity index is 1.78. The Kier molecular flexibility index (Phi) is 4.78. The number of anilines is 1. The van der Waals surface area contributed by atoms with Gasteiger partial charge in [-0.3, -0.25) is 9.59 Å². The van der Waals surface area contributed by atoms with Gasteiger partial charge in [-0.2, -0.15) is 0 Å². The van der Waals surface area contributed by atoms with Gasteiger partial charge in [0.25, 0.3) is 5.91 Å². The number of benzene rings is 1. The van der Waals surface area contributed by atoms with Crippen molar-refractivity contribution in [2.45, 2.75) is 27.2 Å². The van der Waals surface area contributed by atoms with Gasteiger partial charge in [-0.05, 0) is 38.0 Å². The van der Waals surface area contributed by atoms with Crippen LogP contribution in [0.1, 0.15) is 32.2 Å². The second kappa shape index (κ2) is 6.87. The molecule has 0 bridgehead atoms. The summed E-state index contributed by atoms with van der Waals surface area (Å²) < 4.78 is 5.35. The number of nitrogens with one attached hydrogen (secondary N) is 1. The Morgan fingerprint density at radius 2 is 1.96 bits per heavy atom. The summed E-state index contributed by atoms with van der Waals surface area (Å²) in [6.07, 6.45) is 0.0759. The average molecular weight is 372 g/mol. The monoisotopic (exact) mass is 372 g/mol. The zero-order valence-corrected chi connectivity index (χ0v) is 16.2. The molecule has 0 fully saturated rings. The summed E-state index contributed by atoms with van der Waals surface area (Å²) >= 11 is 1.17. The summed E-state index contributed by atoms with van der Waals surface area (Å²) in [5.74, 6) is -0.383. The summed E-state index contributed by atoms with van der Waals surface area (Å²) in [7, 11) is 3.36. The minimum atomic E-state index is -0.252. The van der Waals surface area contributed by atoms with E-state index in [9.17, 15) is 9.59 Å². The van der Waals surface area contributed by atoms with Gasteiger partial charge in [-0.1, -0.05) is 22.6 Å². The van der Waals surface area contributed by atoms with E-state index < -0.39 is 0 Å². The van der Waals surface area contributed by atoms with E-state index >= 15 is 0 Å². The summed E-state index contributed by atoms with van der Waals surface area (Å²) in [6.45, 7) is 5.70. The van der Waals surface area contributed by atoms with Gasteiger partial charge >= 0.3 is 0 Å². The topological polar surface area (TPSA) is 88.3 Å². The summed E-state index contributed by atoms with van der Waals surface area (Å²) in [4.78, 5) is 30.8. The molecule has 0 aliphatic heterocycles. The van der Waals surface area contributed by atoms with Gasteiger partial charge in [0.05, 0.1) is 12.1 Å². The van der Waals surface area contributed by atoms with E-state index in [1.54, 1.807) is 21.0 Å². The van der Waals surface area contributed by atoms with E-state index in [0.29, 0.717) is 27.0 Å². The van der Waals surface area contributed by atoms with E-state index in [2.05, 4.69) is 15.5 Å². The van der Waals surface area contributed by atoms with Crippen molar-refractivity contribution in [1.82, 2.24) is 15.0 Å². The molecule has 136 valence electrons. The van der Waals surface area contributed by atoms with Crippen LogP contribution >= 0.6 is 11.3 Å². The second-order valence-electron chi connectivity index (χ2n) is 6.44. The smallest absolute Gasteiger partial charge is 0.265 e. The fraction of sp³-hybridized carbons (Fsp3) is 0.333. The normalized spacial score (nSPS) is 11.0. The van der Waals surface area contributed by atoms with E-state index in [4.69, 9.17) is 4.52 Å². The molecule has 7 nitrogen and oxygen atoms in total. The van der Waals surface area contributed by atoms with Crippen molar-refractivity contribution >= 4 is 39.3 Å². The molecule has 26 heavy (non-hydrogen) atoms. The van der Waals surface area contributed by atoms with E-state index in [0.717, 1.165) is 16.5 Å². The number of rotatable bonds is 4. The van der Waals surface area contributed by atoms with Crippen molar-refractivity contribution in [3.8, 4) is 0 Å². The largest absolute Gasteiger partial charge is 0.356 e. The molecule has 8 heteroatoms. The Morgan fingerprint density at radius 3 is 2.65 bits per heavy atom. The van der Waals surface area contributed by atoms with Crippen molar-refractivity contribution < 1.29 is 14.1 Å². The Morgan fingerprint density at radius 1 is 1.23 bits per heavy atom. The molecule has 0 atom stereocenters.